The largest absolute Gasteiger partial charge is 0.476 e. The third kappa shape index (κ3) is 2.02. The van der Waals surface area contributed by atoms with Crippen molar-refractivity contribution in [2.45, 2.75) is 25.7 Å². The van der Waals surface area contributed by atoms with Gasteiger partial charge in [0.15, 0.2) is 5.69 Å². The number of aryl methyl sites for hydroxylation is 1. The molecule has 1 unspecified atom stereocenters. The lowest BCUT2D eigenvalue weighted by Gasteiger charge is -2.20. The predicted octanol–water partition coefficient (Wildman–Crippen LogP) is 0.883. The van der Waals surface area contributed by atoms with Crippen molar-refractivity contribution in [1.29, 1.82) is 0 Å². The maximum Gasteiger partial charge on any atom is 0.356 e. The zero-order valence-corrected chi connectivity index (χ0v) is 8.71. The summed E-state index contributed by atoms with van der Waals surface area (Å²) in [6.45, 7) is 3.67. The van der Waals surface area contributed by atoms with Gasteiger partial charge in [-0.25, -0.2) is 9.78 Å². The fraction of sp³-hybridized carbons (Fsp3) is 0.600. The van der Waals surface area contributed by atoms with Crippen LogP contribution < -0.4 is 5.32 Å². The van der Waals surface area contributed by atoms with Crippen molar-refractivity contribution in [2.24, 2.45) is 0 Å². The highest BCUT2D eigenvalue weighted by Crippen LogP contribution is 2.21. The van der Waals surface area contributed by atoms with Crippen LogP contribution in [0.25, 0.3) is 0 Å². The minimum Gasteiger partial charge on any atom is -0.476 e. The lowest BCUT2D eigenvalue weighted by molar-refractivity contribution is 0.0690. The number of carboxylic acids is 1. The number of piperidine rings is 1. The number of hydrogen-bond acceptors (Lipinski definition) is 3. The molecule has 1 aromatic rings. The number of aromatic nitrogens is 2. The Morgan fingerprint density at radius 1 is 1.60 bits per heavy atom. The van der Waals surface area contributed by atoms with E-state index in [0.717, 1.165) is 31.8 Å². The van der Waals surface area contributed by atoms with E-state index in [2.05, 4.69) is 15.3 Å². The molecule has 2 heterocycles. The standard InChI is InChI=1S/C10H15N3O2/c1-6-8(10(14)15)13-9(12-6)7-3-2-4-11-5-7/h7,11H,2-5H2,1H3,(H,12,13)(H,14,15). The molecule has 0 aliphatic carbocycles. The summed E-state index contributed by atoms with van der Waals surface area (Å²) < 4.78 is 0. The van der Waals surface area contributed by atoms with Crippen molar-refractivity contribution >= 4 is 5.97 Å². The Bertz CT molecular complexity index is 367. The first-order chi connectivity index (χ1) is 7.18. The average Bonchev–Trinajstić information content (AvgIpc) is 2.62. The summed E-state index contributed by atoms with van der Waals surface area (Å²) in [5.74, 6) is 0.168. The van der Waals surface area contributed by atoms with Crippen molar-refractivity contribution in [3.05, 3.63) is 17.2 Å². The Morgan fingerprint density at radius 3 is 2.93 bits per heavy atom. The Balaban J connectivity index is 2.21. The highest BCUT2D eigenvalue weighted by molar-refractivity contribution is 5.86. The molecule has 82 valence electrons. The van der Waals surface area contributed by atoms with E-state index < -0.39 is 5.97 Å². The molecule has 15 heavy (non-hydrogen) atoms. The fourth-order valence-corrected chi connectivity index (χ4v) is 1.97. The summed E-state index contributed by atoms with van der Waals surface area (Å²) in [6, 6.07) is 0. The molecule has 5 heteroatoms. The van der Waals surface area contributed by atoms with Crippen LogP contribution in [0.4, 0.5) is 0 Å². The number of H-pyrrole nitrogens is 1. The lowest BCUT2D eigenvalue weighted by atomic mass is 9.99. The second-order valence-corrected chi connectivity index (χ2v) is 3.94. The molecule has 0 radical (unpaired) electrons. The van der Waals surface area contributed by atoms with Crippen molar-refractivity contribution in [3.8, 4) is 0 Å². The van der Waals surface area contributed by atoms with Crippen LogP contribution in [0.15, 0.2) is 0 Å². The van der Waals surface area contributed by atoms with Gasteiger partial charge in [0, 0.05) is 18.2 Å². The first-order valence-electron chi connectivity index (χ1n) is 5.19. The van der Waals surface area contributed by atoms with Crippen LogP contribution in [0.5, 0.6) is 0 Å². The van der Waals surface area contributed by atoms with Gasteiger partial charge in [0.25, 0.3) is 0 Å². The molecule has 1 aromatic heterocycles. The van der Waals surface area contributed by atoms with Crippen LogP contribution in [0.2, 0.25) is 0 Å². The Hall–Kier alpha value is -1.36. The number of nitrogens with one attached hydrogen (secondary N) is 2. The molecule has 1 atom stereocenters. The number of rotatable bonds is 2. The molecular formula is C10H15N3O2. The highest BCUT2D eigenvalue weighted by Gasteiger charge is 2.21. The topological polar surface area (TPSA) is 78.0 Å². The third-order valence-electron chi connectivity index (χ3n) is 2.79. The third-order valence-corrected chi connectivity index (χ3v) is 2.79. The van der Waals surface area contributed by atoms with Gasteiger partial charge >= 0.3 is 5.97 Å². The number of carboxylic acid groups (broad SMARTS) is 1. The highest BCUT2D eigenvalue weighted by atomic mass is 16.4. The zero-order valence-electron chi connectivity index (χ0n) is 8.71. The Labute approximate surface area is 87.9 Å². The van der Waals surface area contributed by atoms with E-state index in [-0.39, 0.29) is 5.69 Å². The van der Waals surface area contributed by atoms with Gasteiger partial charge in [0.1, 0.15) is 5.82 Å². The number of aromatic carboxylic acids is 1. The molecule has 5 nitrogen and oxygen atoms in total. The summed E-state index contributed by atoms with van der Waals surface area (Å²) in [7, 11) is 0. The predicted molar refractivity (Wildman–Crippen MR) is 55.1 cm³/mol. The van der Waals surface area contributed by atoms with E-state index in [1.165, 1.54) is 0 Å². The maximum absolute atomic E-state index is 10.8. The fourth-order valence-electron chi connectivity index (χ4n) is 1.97. The number of carbonyl (C=O) groups is 1. The van der Waals surface area contributed by atoms with Crippen LogP contribution in [0, 0.1) is 6.92 Å². The molecule has 1 fully saturated rings. The van der Waals surface area contributed by atoms with Gasteiger partial charge in [-0.2, -0.15) is 0 Å². The Kier molecular flexibility index (Phi) is 2.73. The smallest absolute Gasteiger partial charge is 0.356 e. The monoisotopic (exact) mass is 209 g/mol. The van der Waals surface area contributed by atoms with Gasteiger partial charge in [0.05, 0.1) is 0 Å². The van der Waals surface area contributed by atoms with Gasteiger partial charge in [-0.15, -0.1) is 0 Å². The summed E-state index contributed by atoms with van der Waals surface area (Å²) in [5, 5.41) is 12.2. The molecule has 0 amide bonds. The zero-order chi connectivity index (χ0) is 10.8. The van der Waals surface area contributed by atoms with E-state index in [1.54, 1.807) is 6.92 Å². The normalized spacial score (nSPS) is 21.5. The maximum atomic E-state index is 10.8. The number of aromatic amines is 1. The van der Waals surface area contributed by atoms with Crippen LogP contribution in [-0.4, -0.2) is 34.1 Å². The van der Waals surface area contributed by atoms with Crippen molar-refractivity contribution in [3.63, 3.8) is 0 Å². The summed E-state index contributed by atoms with van der Waals surface area (Å²) in [6.07, 6.45) is 2.19. The van der Waals surface area contributed by atoms with E-state index in [1.807, 2.05) is 0 Å². The summed E-state index contributed by atoms with van der Waals surface area (Å²) >= 11 is 0. The number of imidazole rings is 1. The van der Waals surface area contributed by atoms with Crippen LogP contribution in [0.3, 0.4) is 0 Å². The summed E-state index contributed by atoms with van der Waals surface area (Å²) in [5.41, 5.74) is 0.790. The van der Waals surface area contributed by atoms with Gasteiger partial charge in [-0.3, -0.25) is 0 Å². The van der Waals surface area contributed by atoms with E-state index in [4.69, 9.17) is 5.11 Å². The van der Waals surface area contributed by atoms with Gasteiger partial charge in [-0.1, -0.05) is 0 Å². The molecule has 1 saturated heterocycles. The Morgan fingerprint density at radius 2 is 2.40 bits per heavy atom. The van der Waals surface area contributed by atoms with Gasteiger partial charge < -0.3 is 15.4 Å². The molecule has 1 aliphatic heterocycles. The molecule has 0 aromatic carbocycles. The molecule has 2 rings (SSSR count). The van der Waals surface area contributed by atoms with E-state index in [9.17, 15) is 4.79 Å². The minimum atomic E-state index is -0.959. The van der Waals surface area contributed by atoms with E-state index >= 15 is 0 Å². The molecule has 0 bridgehead atoms. The number of hydrogen-bond donors (Lipinski definition) is 3. The quantitative estimate of drug-likeness (QED) is 0.675. The van der Waals surface area contributed by atoms with Gasteiger partial charge in [0.2, 0.25) is 0 Å². The summed E-state index contributed by atoms with van der Waals surface area (Å²) in [4.78, 5) is 18.0. The molecule has 0 saturated carbocycles. The van der Waals surface area contributed by atoms with Crippen molar-refractivity contribution in [1.82, 2.24) is 15.3 Å². The van der Waals surface area contributed by atoms with Crippen LogP contribution in [0.1, 0.15) is 40.8 Å². The molecule has 0 spiro atoms. The van der Waals surface area contributed by atoms with Crippen LogP contribution >= 0.6 is 0 Å². The van der Waals surface area contributed by atoms with Gasteiger partial charge in [-0.05, 0) is 26.3 Å². The van der Waals surface area contributed by atoms with Crippen molar-refractivity contribution < 1.29 is 9.90 Å². The van der Waals surface area contributed by atoms with Crippen molar-refractivity contribution in [2.75, 3.05) is 13.1 Å². The number of nitrogens with zero attached hydrogens (tertiary/aromatic N) is 1. The SMILES string of the molecule is Cc1[nH]c(C2CCCNC2)nc1C(=O)O. The van der Waals surface area contributed by atoms with Crippen LogP contribution in [-0.2, 0) is 0 Å². The average molecular weight is 209 g/mol. The second-order valence-electron chi connectivity index (χ2n) is 3.94. The van der Waals surface area contributed by atoms with E-state index in [0.29, 0.717) is 11.6 Å². The lowest BCUT2D eigenvalue weighted by Crippen LogP contribution is -2.29. The molecule has 3 N–H and O–H groups in total. The molecule has 1 aliphatic rings. The first kappa shape index (κ1) is 10.2. The minimum absolute atomic E-state index is 0.149. The second kappa shape index (κ2) is 4.02. The first-order valence-corrected chi connectivity index (χ1v) is 5.19. The molecular weight excluding hydrogens is 194 g/mol.